The molecule has 0 aromatic heterocycles. The summed E-state index contributed by atoms with van der Waals surface area (Å²) in [5.41, 5.74) is 0. The molecule has 0 atom stereocenters. The third-order valence-corrected chi connectivity index (χ3v) is 0. The van der Waals surface area contributed by atoms with Crippen molar-refractivity contribution in [2.75, 3.05) is 0 Å². The Morgan fingerprint density at radius 2 is 1.00 bits per heavy atom. The Labute approximate surface area is 149 Å². The van der Waals surface area contributed by atoms with Gasteiger partial charge in [-0.05, 0) is 0 Å². The third-order valence-electron chi connectivity index (χ3n) is 0. The van der Waals surface area contributed by atoms with Crippen LogP contribution < -0.4 is 0 Å². The van der Waals surface area contributed by atoms with Crippen molar-refractivity contribution in [2.24, 2.45) is 0 Å². The summed E-state index contributed by atoms with van der Waals surface area (Å²) in [4.78, 5) is 0. The Hall–Kier alpha value is 3.62. The van der Waals surface area contributed by atoms with Gasteiger partial charge in [0.25, 0.3) is 0 Å². The van der Waals surface area contributed by atoms with Crippen molar-refractivity contribution < 1.29 is 40.1 Å². The molecule has 0 aliphatic carbocycles. The standard InChI is InChI=1S/Fe.2K.H2O4S.H2O.2H/c;;;1-5(2,3)4;;;/h;;;(H2,1,2,3,4);1H2;;. The van der Waals surface area contributed by atoms with Gasteiger partial charge in [0.15, 0.2) is 0 Å². The summed E-state index contributed by atoms with van der Waals surface area (Å²) in [6.45, 7) is 0. The fraction of sp³-hybridized carbons (Fsp3) is 0. The van der Waals surface area contributed by atoms with Crippen molar-refractivity contribution in [3.63, 3.8) is 0 Å². The molecule has 0 aliphatic rings. The predicted molar refractivity (Wildman–Crippen MR) is 32.1 cm³/mol. The summed E-state index contributed by atoms with van der Waals surface area (Å²) in [7, 11) is -4.67. The van der Waals surface area contributed by atoms with Crippen LogP contribution >= 0.6 is 0 Å². The van der Waals surface area contributed by atoms with Gasteiger partial charge in [0, 0.05) is 17.1 Å². The van der Waals surface area contributed by atoms with E-state index >= 15 is 0 Å². The maximum absolute atomic E-state index is 8.74. The molecule has 0 saturated heterocycles. The molecular formula is H6FeK2O5S. The van der Waals surface area contributed by atoms with Crippen LogP contribution in [-0.4, -0.2) is 126 Å². The number of hydrogen-bond acceptors (Lipinski definition) is 2. The summed E-state index contributed by atoms with van der Waals surface area (Å²) in [6.07, 6.45) is 0. The second-order valence-electron chi connectivity index (χ2n) is 0.448. The summed E-state index contributed by atoms with van der Waals surface area (Å²) < 4.78 is 31.6. The molecule has 0 rings (SSSR count). The van der Waals surface area contributed by atoms with Crippen LogP contribution in [0.1, 0.15) is 0 Å². The van der Waals surface area contributed by atoms with Crippen molar-refractivity contribution in [2.45, 2.75) is 0 Å². The van der Waals surface area contributed by atoms with E-state index in [4.69, 9.17) is 17.5 Å². The van der Waals surface area contributed by atoms with Gasteiger partial charge in [-0.3, -0.25) is 9.11 Å². The van der Waals surface area contributed by atoms with Gasteiger partial charge < -0.3 is 5.48 Å². The van der Waals surface area contributed by atoms with Crippen molar-refractivity contribution in [1.29, 1.82) is 0 Å². The van der Waals surface area contributed by atoms with E-state index in [-0.39, 0.29) is 125 Å². The normalized spacial score (nSPS) is 6.44. The van der Waals surface area contributed by atoms with Crippen LogP contribution in [0, 0.1) is 0 Å². The fourth-order valence-electron chi connectivity index (χ4n) is 0. The summed E-state index contributed by atoms with van der Waals surface area (Å²) >= 11 is 0. The molecule has 0 aliphatic heterocycles. The van der Waals surface area contributed by atoms with Crippen molar-refractivity contribution >= 4 is 113 Å². The maximum atomic E-state index is 8.74. The molecule has 9 heavy (non-hydrogen) atoms. The SMILES string of the molecule is O.O=S(=O)(O)O.[Fe].[KH].[KH]. The predicted octanol–water partition coefficient (Wildman–Crippen LogP) is -2.78. The van der Waals surface area contributed by atoms with Crippen LogP contribution in [0.4, 0.5) is 0 Å². The van der Waals surface area contributed by atoms with Gasteiger partial charge in [0.1, 0.15) is 0 Å². The number of hydrogen-bond donors (Lipinski definition) is 2. The van der Waals surface area contributed by atoms with E-state index in [2.05, 4.69) is 0 Å². The molecule has 0 amide bonds. The van der Waals surface area contributed by atoms with E-state index in [9.17, 15) is 0 Å². The molecule has 0 aromatic rings. The molecule has 5 nitrogen and oxygen atoms in total. The van der Waals surface area contributed by atoms with Crippen molar-refractivity contribution in [1.82, 2.24) is 0 Å². The van der Waals surface area contributed by atoms with Gasteiger partial charge in [-0.25, -0.2) is 0 Å². The molecule has 0 fully saturated rings. The van der Waals surface area contributed by atoms with E-state index in [1.165, 1.54) is 0 Å². The molecule has 52 valence electrons. The minimum absolute atomic E-state index is 0. The fourth-order valence-corrected chi connectivity index (χ4v) is 0. The average molecular weight is 252 g/mol. The molecular weight excluding hydrogens is 246 g/mol. The second-order valence-corrected chi connectivity index (χ2v) is 1.34. The van der Waals surface area contributed by atoms with Crippen molar-refractivity contribution in [3.8, 4) is 0 Å². The van der Waals surface area contributed by atoms with Crippen LogP contribution in [0.25, 0.3) is 0 Å². The number of rotatable bonds is 0. The molecule has 0 radical (unpaired) electrons. The zero-order valence-corrected chi connectivity index (χ0v) is 4.89. The van der Waals surface area contributed by atoms with Crippen LogP contribution in [0.3, 0.4) is 0 Å². The van der Waals surface area contributed by atoms with E-state index in [1.807, 2.05) is 0 Å². The van der Waals surface area contributed by atoms with E-state index in [0.717, 1.165) is 0 Å². The van der Waals surface area contributed by atoms with Crippen LogP contribution in [-0.2, 0) is 27.5 Å². The minimum atomic E-state index is -4.67. The van der Waals surface area contributed by atoms with Gasteiger partial charge in [-0.2, -0.15) is 8.42 Å². The first-order valence-electron chi connectivity index (χ1n) is 0.698. The quantitative estimate of drug-likeness (QED) is 0.359. The zero-order valence-electron chi connectivity index (χ0n) is 2.97. The first kappa shape index (κ1) is 29.3. The van der Waals surface area contributed by atoms with Gasteiger partial charge in [-0.1, -0.05) is 0 Å². The molecule has 0 bridgehead atoms. The molecule has 9 heteroatoms. The Kier molecular flexibility index (Phi) is 46.2. The Balaban J connectivity index is -0.0000000133. The summed E-state index contributed by atoms with van der Waals surface area (Å²) in [5.74, 6) is 0. The van der Waals surface area contributed by atoms with Gasteiger partial charge in [0.2, 0.25) is 0 Å². The van der Waals surface area contributed by atoms with E-state index in [0.29, 0.717) is 0 Å². The van der Waals surface area contributed by atoms with E-state index < -0.39 is 10.4 Å². The first-order chi connectivity index (χ1) is 2.00. The molecule has 0 unspecified atom stereocenters. The van der Waals surface area contributed by atoms with Crippen molar-refractivity contribution in [3.05, 3.63) is 0 Å². The Bertz CT molecular complexity index is 98.1. The molecule has 0 spiro atoms. The summed E-state index contributed by atoms with van der Waals surface area (Å²) in [5, 5.41) is 0. The van der Waals surface area contributed by atoms with Crippen LogP contribution in [0.2, 0.25) is 0 Å². The molecule has 4 N–H and O–H groups in total. The molecule has 0 aromatic carbocycles. The monoisotopic (exact) mass is 252 g/mol. The van der Waals surface area contributed by atoms with Crippen LogP contribution in [0.5, 0.6) is 0 Å². The second kappa shape index (κ2) is 14.2. The third kappa shape index (κ3) is 82.0. The average Bonchev–Trinajstić information content (AvgIpc) is 0.722. The van der Waals surface area contributed by atoms with Crippen LogP contribution in [0.15, 0.2) is 0 Å². The van der Waals surface area contributed by atoms with E-state index in [1.54, 1.807) is 0 Å². The van der Waals surface area contributed by atoms with Gasteiger partial charge >= 0.3 is 113 Å². The molecule has 0 saturated carbocycles. The Morgan fingerprint density at radius 3 is 1.00 bits per heavy atom. The van der Waals surface area contributed by atoms with Gasteiger partial charge in [-0.15, -0.1) is 0 Å². The first-order valence-corrected chi connectivity index (χ1v) is 2.10. The zero-order chi connectivity index (χ0) is 4.50. The Morgan fingerprint density at radius 1 is 1.00 bits per heavy atom. The summed E-state index contributed by atoms with van der Waals surface area (Å²) in [6, 6.07) is 0. The topological polar surface area (TPSA) is 106 Å². The molecule has 0 heterocycles. The van der Waals surface area contributed by atoms with Gasteiger partial charge in [0.05, 0.1) is 0 Å².